The van der Waals surface area contributed by atoms with E-state index in [2.05, 4.69) is 4.98 Å². The van der Waals surface area contributed by atoms with Crippen molar-refractivity contribution in [2.75, 3.05) is 14.2 Å². The Balaban J connectivity index is 2.39. The lowest BCUT2D eigenvalue weighted by atomic mass is 10.1. The van der Waals surface area contributed by atoms with Crippen LogP contribution in [0.25, 0.3) is 5.57 Å². The number of carbonyl (C=O) groups is 1. The molecule has 0 N–H and O–H groups in total. The van der Waals surface area contributed by atoms with Gasteiger partial charge in [-0.3, -0.25) is 0 Å². The minimum atomic E-state index is -0.526. The molecule has 1 aromatic carbocycles. The van der Waals surface area contributed by atoms with Crippen LogP contribution in [0.5, 0.6) is 11.6 Å². The number of hydrogen-bond donors (Lipinski definition) is 0. The molecule has 2 rings (SSSR count). The van der Waals surface area contributed by atoms with E-state index in [1.807, 2.05) is 0 Å². The minimum Gasteiger partial charge on any atom is -0.503 e. The van der Waals surface area contributed by atoms with Gasteiger partial charge >= 0.3 is 5.97 Å². The van der Waals surface area contributed by atoms with Crippen molar-refractivity contribution in [3.8, 4) is 11.6 Å². The second-order valence-electron chi connectivity index (χ2n) is 4.17. The van der Waals surface area contributed by atoms with Crippen molar-refractivity contribution in [2.24, 2.45) is 0 Å². The van der Waals surface area contributed by atoms with Crippen molar-refractivity contribution < 1.29 is 19.0 Å². The monoisotopic (exact) mass is 319 g/mol. The Bertz CT molecular complexity index is 683. The fourth-order valence-corrected chi connectivity index (χ4v) is 1.87. The van der Waals surface area contributed by atoms with Gasteiger partial charge in [0.25, 0.3) is 0 Å². The average Bonchev–Trinajstić information content (AvgIpc) is 2.55. The van der Waals surface area contributed by atoms with E-state index in [1.54, 1.807) is 36.4 Å². The third-order valence-corrected chi connectivity index (χ3v) is 2.96. The Hall–Kier alpha value is -2.53. The summed E-state index contributed by atoms with van der Waals surface area (Å²) in [6, 6.07) is 10.3. The molecule has 5 nitrogen and oxygen atoms in total. The summed E-state index contributed by atoms with van der Waals surface area (Å²) in [5.41, 5.74) is 0.780. The number of ether oxygens (including phenoxy) is 3. The smallest absolute Gasteiger partial charge is 0.341 e. The summed E-state index contributed by atoms with van der Waals surface area (Å²) in [4.78, 5) is 16.0. The molecule has 0 fully saturated rings. The van der Waals surface area contributed by atoms with Crippen LogP contribution in [0.3, 0.4) is 0 Å². The quantitative estimate of drug-likeness (QED) is 0.478. The molecule has 0 aliphatic carbocycles. The van der Waals surface area contributed by atoms with Crippen molar-refractivity contribution in [1.29, 1.82) is 0 Å². The maximum Gasteiger partial charge on any atom is 0.341 e. The van der Waals surface area contributed by atoms with Crippen LogP contribution in [-0.4, -0.2) is 25.2 Å². The first kappa shape index (κ1) is 15.9. The summed E-state index contributed by atoms with van der Waals surface area (Å²) >= 11 is 5.79. The molecule has 0 aliphatic heterocycles. The van der Waals surface area contributed by atoms with E-state index in [-0.39, 0.29) is 5.57 Å². The molecule has 1 heterocycles. The first-order chi connectivity index (χ1) is 10.7. The summed E-state index contributed by atoms with van der Waals surface area (Å²) in [5, 5.41) is 0.509. The normalized spacial score (nSPS) is 11.0. The van der Waals surface area contributed by atoms with E-state index >= 15 is 0 Å². The van der Waals surface area contributed by atoms with Crippen LogP contribution in [0.15, 0.2) is 48.9 Å². The van der Waals surface area contributed by atoms with Crippen LogP contribution in [0.4, 0.5) is 0 Å². The molecular weight excluding hydrogens is 306 g/mol. The van der Waals surface area contributed by atoms with E-state index in [1.165, 1.54) is 26.7 Å². The van der Waals surface area contributed by atoms with Gasteiger partial charge in [-0.15, -0.1) is 0 Å². The predicted octanol–water partition coefficient (Wildman–Crippen LogP) is 3.69. The second-order valence-corrected chi connectivity index (χ2v) is 4.61. The summed E-state index contributed by atoms with van der Waals surface area (Å²) < 4.78 is 15.4. The van der Waals surface area contributed by atoms with Gasteiger partial charge in [0, 0.05) is 17.8 Å². The van der Waals surface area contributed by atoms with Gasteiger partial charge in [-0.05, 0) is 12.1 Å². The Morgan fingerprint density at radius 1 is 1.18 bits per heavy atom. The molecule has 0 amide bonds. The van der Waals surface area contributed by atoms with Gasteiger partial charge in [-0.1, -0.05) is 29.8 Å². The van der Waals surface area contributed by atoms with Crippen LogP contribution < -0.4 is 4.74 Å². The second kappa shape index (κ2) is 7.47. The maximum absolute atomic E-state index is 11.9. The molecule has 0 aliphatic rings. The Labute approximate surface area is 133 Å². The lowest BCUT2D eigenvalue weighted by Gasteiger charge is -2.12. The van der Waals surface area contributed by atoms with Gasteiger partial charge in [0.2, 0.25) is 5.88 Å². The molecule has 0 saturated carbocycles. The molecule has 1 aromatic heterocycles. The fraction of sp³-hybridized carbons (Fsp3) is 0.125. The Morgan fingerprint density at radius 3 is 2.59 bits per heavy atom. The number of aromatic nitrogens is 1. The highest BCUT2D eigenvalue weighted by atomic mass is 35.5. The predicted molar refractivity (Wildman–Crippen MR) is 82.8 cm³/mol. The standard InChI is InChI=1S/C16H14ClNO4/c1-20-10-13(16(19)21-2)12-5-3-4-6-14(12)22-15-8-7-11(17)9-18-15/h3-10H,1-2H3/b13-10+. The highest BCUT2D eigenvalue weighted by Gasteiger charge is 2.18. The number of halogens is 1. The first-order valence-corrected chi connectivity index (χ1v) is 6.73. The largest absolute Gasteiger partial charge is 0.503 e. The zero-order valence-electron chi connectivity index (χ0n) is 12.1. The lowest BCUT2D eigenvalue weighted by molar-refractivity contribution is -0.133. The van der Waals surface area contributed by atoms with E-state index < -0.39 is 5.97 Å². The third kappa shape index (κ3) is 3.77. The third-order valence-electron chi connectivity index (χ3n) is 2.73. The van der Waals surface area contributed by atoms with Crippen LogP contribution in [0, 0.1) is 0 Å². The van der Waals surface area contributed by atoms with Crippen molar-refractivity contribution in [1.82, 2.24) is 4.98 Å². The number of esters is 1. The van der Waals surface area contributed by atoms with Gasteiger partial charge in [0.15, 0.2) is 0 Å². The lowest BCUT2D eigenvalue weighted by Crippen LogP contribution is -2.05. The summed E-state index contributed by atoms with van der Waals surface area (Å²) in [6.45, 7) is 0. The molecule has 0 radical (unpaired) electrons. The Morgan fingerprint density at radius 2 is 1.95 bits per heavy atom. The number of pyridine rings is 1. The molecule has 22 heavy (non-hydrogen) atoms. The van der Waals surface area contributed by atoms with E-state index in [0.29, 0.717) is 22.2 Å². The number of carbonyl (C=O) groups excluding carboxylic acids is 1. The molecule has 2 aromatic rings. The van der Waals surface area contributed by atoms with Gasteiger partial charge in [0.1, 0.15) is 11.3 Å². The number of rotatable bonds is 5. The summed E-state index contributed by atoms with van der Waals surface area (Å²) in [7, 11) is 2.75. The van der Waals surface area contributed by atoms with Crippen molar-refractivity contribution in [2.45, 2.75) is 0 Å². The molecule has 0 unspecified atom stereocenters. The van der Waals surface area contributed by atoms with Crippen LogP contribution >= 0.6 is 11.6 Å². The van der Waals surface area contributed by atoms with E-state index in [0.717, 1.165) is 0 Å². The summed E-state index contributed by atoms with van der Waals surface area (Å²) in [6.07, 6.45) is 2.79. The molecule has 0 atom stereocenters. The molecule has 0 saturated heterocycles. The molecule has 114 valence electrons. The molecule has 6 heteroatoms. The SMILES string of the molecule is CO/C=C(/C(=O)OC)c1ccccc1Oc1ccc(Cl)cn1. The summed E-state index contributed by atoms with van der Waals surface area (Å²) in [5.74, 6) is 0.284. The van der Waals surface area contributed by atoms with E-state index in [4.69, 9.17) is 25.8 Å². The van der Waals surface area contributed by atoms with Gasteiger partial charge in [-0.25, -0.2) is 9.78 Å². The van der Waals surface area contributed by atoms with Crippen LogP contribution in [0.1, 0.15) is 5.56 Å². The Kier molecular flexibility index (Phi) is 5.38. The first-order valence-electron chi connectivity index (χ1n) is 6.35. The highest BCUT2D eigenvalue weighted by molar-refractivity contribution is 6.30. The zero-order chi connectivity index (χ0) is 15.9. The highest BCUT2D eigenvalue weighted by Crippen LogP contribution is 2.30. The van der Waals surface area contributed by atoms with E-state index in [9.17, 15) is 4.79 Å². The zero-order valence-corrected chi connectivity index (χ0v) is 12.8. The van der Waals surface area contributed by atoms with Crippen molar-refractivity contribution in [3.05, 3.63) is 59.4 Å². The maximum atomic E-state index is 11.9. The number of para-hydroxylation sites is 1. The number of benzene rings is 1. The minimum absolute atomic E-state index is 0.245. The van der Waals surface area contributed by atoms with Gasteiger partial charge in [-0.2, -0.15) is 0 Å². The number of nitrogens with zero attached hydrogens (tertiary/aromatic N) is 1. The fourth-order valence-electron chi connectivity index (χ4n) is 1.76. The van der Waals surface area contributed by atoms with Crippen molar-refractivity contribution >= 4 is 23.1 Å². The van der Waals surface area contributed by atoms with Gasteiger partial charge in [0.05, 0.1) is 25.5 Å². The van der Waals surface area contributed by atoms with Crippen LogP contribution in [0.2, 0.25) is 5.02 Å². The molecular formula is C16H14ClNO4. The number of hydrogen-bond acceptors (Lipinski definition) is 5. The van der Waals surface area contributed by atoms with Crippen LogP contribution in [-0.2, 0) is 14.3 Å². The van der Waals surface area contributed by atoms with Gasteiger partial charge < -0.3 is 14.2 Å². The molecule has 0 spiro atoms. The topological polar surface area (TPSA) is 57.7 Å². The van der Waals surface area contributed by atoms with Crippen molar-refractivity contribution in [3.63, 3.8) is 0 Å². The molecule has 0 bridgehead atoms. The average molecular weight is 320 g/mol. The number of methoxy groups -OCH3 is 2.